The minimum Gasteiger partial charge on any atom is -0.489 e. The van der Waals surface area contributed by atoms with Crippen LogP contribution in [0.4, 0.5) is 0 Å². The summed E-state index contributed by atoms with van der Waals surface area (Å²) < 4.78 is 5.62. The van der Waals surface area contributed by atoms with Gasteiger partial charge in [-0.3, -0.25) is 0 Å². The summed E-state index contributed by atoms with van der Waals surface area (Å²) in [7, 11) is 0. The normalized spacial score (nSPS) is 11.8. The molecular formula is C16H16O4. The van der Waals surface area contributed by atoms with Gasteiger partial charge in [-0.05, 0) is 23.3 Å². The Morgan fingerprint density at radius 2 is 1.65 bits per heavy atom. The van der Waals surface area contributed by atoms with Crippen LogP contribution in [0.15, 0.2) is 54.6 Å². The number of carbonyl (C=O) groups is 1. The molecule has 0 radical (unpaired) electrons. The van der Waals surface area contributed by atoms with Crippen molar-refractivity contribution in [2.45, 2.75) is 19.1 Å². The van der Waals surface area contributed by atoms with E-state index in [1.807, 2.05) is 30.3 Å². The molecule has 2 rings (SSSR count). The Kier molecular flexibility index (Phi) is 4.74. The smallest absolute Gasteiger partial charge is 0.332 e. The van der Waals surface area contributed by atoms with Crippen molar-refractivity contribution in [3.8, 4) is 5.75 Å². The highest BCUT2D eigenvalue weighted by molar-refractivity contribution is 5.72. The molecule has 104 valence electrons. The van der Waals surface area contributed by atoms with Crippen LogP contribution in [0.3, 0.4) is 0 Å². The maximum atomic E-state index is 10.6. The van der Waals surface area contributed by atoms with Gasteiger partial charge in [-0.25, -0.2) is 4.79 Å². The minimum absolute atomic E-state index is 0.0916. The van der Waals surface area contributed by atoms with Crippen molar-refractivity contribution < 1.29 is 19.7 Å². The topological polar surface area (TPSA) is 66.8 Å². The van der Waals surface area contributed by atoms with Gasteiger partial charge in [-0.2, -0.15) is 0 Å². The van der Waals surface area contributed by atoms with Crippen LogP contribution >= 0.6 is 0 Å². The first-order chi connectivity index (χ1) is 9.65. The standard InChI is InChI=1S/C16H16O4/c17-15(16(18)19)10-12-6-8-14(9-7-12)20-11-13-4-2-1-3-5-13/h1-9,15,17H,10-11H2,(H,18,19)/t15-/m1/s1. The number of carboxylic acids is 1. The maximum absolute atomic E-state index is 10.6. The zero-order valence-corrected chi connectivity index (χ0v) is 10.9. The zero-order chi connectivity index (χ0) is 14.4. The van der Waals surface area contributed by atoms with Crippen LogP contribution in [0, 0.1) is 0 Å². The highest BCUT2D eigenvalue weighted by Crippen LogP contribution is 2.15. The third-order valence-electron chi connectivity index (χ3n) is 2.89. The van der Waals surface area contributed by atoms with E-state index in [1.165, 1.54) is 0 Å². The quantitative estimate of drug-likeness (QED) is 0.846. The van der Waals surface area contributed by atoms with Crippen molar-refractivity contribution in [3.05, 3.63) is 65.7 Å². The number of hydrogen-bond donors (Lipinski definition) is 2. The summed E-state index contributed by atoms with van der Waals surface area (Å²) in [5, 5.41) is 17.9. The molecule has 0 saturated carbocycles. The van der Waals surface area contributed by atoms with Crippen LogP contribution in [0.1, 0.15) is 11.1 Å². The Morgan fingerprint density at radius 1 is 1.00 bits per heavy atom. The molecule has 20 heavy (non-hydrogen) atoms. The monoisotopic (exact) mass is 272 g/mol. The van der Waals surface area contributed by atoms with E-state index < -0.39 is 12.1 Å². The highest BCUT2D eigenvalue weighted by Gasteiger charge is 2.13. The number of rotatable bonds is 6. The molecule has 0 aliphatic rings. The fourth-order valence-corrected chi connectivity index (χ4v) is 1.77. The van der Waals surface area contributed by atoms with Crippen molar-refractivity contribution in [2.75, 3.05) is 0 Å². The van der Waals surface area contributed by atoms with Crippen LogP contribution in [-0.4, -0.2) is 22.3 Å². The summed E-state index contributed by atoms with van der Waals surface area (Å²) in [6.45, 7) is 0.484. The lowest BCUT2D eigenvalue weighted by atomic mass is 10.1. The van der Waals surface area contributed by atoms with E-state index in [1.54, 1.807) is 24.3 Å². The molecule has 0 heterocycles. The largest absolute Gasteiger partial charge is 0.489 e. The van der Waals surface area contributed by atoms with E-state index in [2.05, 4.69) is 0 Å². The van der Waals surface area contributed by atoms with E-state index in [-0.39, 0.29) is 6.42 Å². The first-order valence-electron chi connectivity index (χ1n) is 6.31. The van der Waals surface area contributed by atoms with Crippen molar-refractivity contribution in [3.63, 3.8) is 0 Å². The van der Waals surface area contributed by atoms with Gasteiger partial charge in [0, 0.05) is 6.42 Å². The van der Waals surface area contributed by atoms with Crippen molar-refractivity contribution in [1.29, 1.82) is 0 Å². The Bertz CT molecular complexity index is 548. The molecule has 0 spiro atoms. The summed E-state index contributed by atoms with van der Waals surface area (Å²) in [4.78, 5) is 10.6. The van der Waals surface area contributed by atoms with Crippen LogP contribution < -0.4 is 4.74 Å². The fourth-order valence-electron chi connectivity index (χ4n) is 1.77. The number of aliphatic hydroxyl groups excluding tert-OH is 1. The predicted molar refractivity (Wildman–Crippen MR) is 74.6 cm³/mol. The van der Waals surface area contributed by atoms with Gasteiger partial charge in [0.1, 0.15) is 12.4 Å². The Labute approximate surface area is 117 Å². The number of aliphatic hydroxyl groups is 1. The van der Waals surface area contributed by atoms with Gasteiger partial charge in [-0.1, -0.05) is 42.5 Å². The van der Waals surface area contributed by atoms with Crippen LogP contribution in [0.2, 0.25) is 0 Å². The van der Waals surface area contributed by atoms with Gasteiger partial charge in [-0.15, -0.1) is 0 Å². The van der Waals surface area contributed by atoms with Crippen molar-refractivity contribution in [2.24, 2.45) is 0 Å². The summed E-state index contributed by atoms with van der Waals surface area (Å²) in [5.41, 5.74) is 1.84. The molecule has 0 amide bonds. The minimum atomic E-state index is -1.37. The maximum Gasteiger partial charge on any atom is 0.332 e. The zero-order valence-electron chi connectivity index (χ0n) is 10.9. The number of benzene rings is 2. The second-order valence-corrected chi connectivity index (χ2v) is 4.48. The molecule has 0 aliphatic carbocycles. The average molecular weight is 272 g/mol. The lowest BCUT2D eigenvalue weighted by Crippen LogP contribution is -2.21. The third kappa shape index (κ3) is 4.10. The van der Waals surface area contributed by atoms with Crippen molar-refractivity contribution >= 4 is 5.97 Å². The van der Waals surface area contributed by atoms with Crippen LogP contribution in [0.25, 0.3) is 0 Å². The average Bonchev–Trinajstić information content (AvgIpc) is 2.47. The summed E-state index contributed by atoms with van der Waals surface area (Å²) in [6.07, 6.45) is -1.28. The van der Waals surface area contributed by atoms with E-state index in [9.17, 15) is 9.90 Å². The number of ether oxygens (including phenoxy) is 1. The van der Waals surface area contributed by atoms with Gasteiger partial charge >= 0.3 is 5.97 Å². The highest BCUT2D eigenvalue weighted by atomic mass is 16.5. The molecule has 0 saturated heterocycles. The first-order valence-corrected chi connectivity index (χ1v) is 6.31. The molecule has 4 heteroatoms. The molecule has 0 aliphatic heterocycles. The van der Waals surface area contributed by atoms with Crippen LogP contribution in [-0.2, 0) is 17.8 Å². The molecule has 1 atom stereocenters. The van der Waals surface area contributed by atoms with E-state index in [0.717, 1.165) is 11.1 Å². The number of aliphatic carboxylic acids is 1. The fraction of sp³-hybridized carbons (Fsp3) is 0.188. The number of hydrogen-bond acceptors (Lipinski definition) is 3. The summed E-state index contributed by atoms with van der Waals surface area (Å²) in [5.74, 6) is -0.503. The van der Waals surface area contributed by atoms with Crippen LogP contribution in [0.5, 0.6) is 5.75 Å². The third-order valence-corrected chi connectivity index (χ3v) is 2.89. The molecule has 0 bridgehead atoms. The van der Waals surface area contributed by atoms with E-state index in [0.29, 0.717) is 12.4 Å². The van der Waals surface area contributed by atoms with Gasteiger partial charge in [0.2, 0.25) is 0 Å². The van der Waals surface area contributed by atoms with E-state index in [4.69, 9.17) is 9.84 Å². The summed E-state index contributed by atoms with van der Waals surface area (Å²) in [6, 6.07) is 16.9. The van der Waals surface area contributed by atoms with Gasteiger partial charge in [0.25, 0.3) is 0 Å². The van der Waals surface area contributed by atoms with Crippen molar-refractivity contribution in [1.82, 2.24) is 0 Å². The molecule has 2 N–H and O–H groups in total. The molecule has 2 aromatic carbocycles. The van der Waals surface area contributed by atoms with E-state index >= 15 is 0 Å². The van der Waals surface area contributed by atoms with Gasteiger partial charge in [0.05, 0.1) is 0 Å². The molecule has 0 aromatic heterocycles. The SMILES string of the molecule is O=C(O)[C@H](O)Cc1ccc(OCc2ccccc2)cc1. The molecule has 2 aromatic rings. The lowest BCUT2D eigenvalue weighted by Gasteiger charge is -2.08. The lowest BCUT2D eigenvalue weighted by molar-refractivity contribution is -0.146. The molecule has 0 fully saturated rings. The molecule has 0 unspecified atom stereocenters. The van der Waals surface area contributed by atoms with Gasteiger partial charge in [0.15, 0.2) is 6.10 Å². The second kappa shape index (κ2) is 6.73. The van der Waals surface area contributed by atoms with Gasteiger partial charge < -0.3 is 14.9 Å². The Morgan fingerprint density at radius 3 is 2.25 bits per heavy atom. The molecule has 4 nitrogen and oxygen atoms in total. The Hall–Kier alpha value is -2.33. The number of carboxylic acid groups (broad SMARTS) is 1. The second-order valence-electron chi connectivity index (χ2n) is 4.48. The summed E-state index contributed by atoms with van der Waals surface area (Å²) >= 11 is 0. The first kappa shape index (κ1) is 14.1. The predicted octanol–water partition coefficient (Wildman–Crippen LogP) is 2.25. The molecular weight excluding hydrogens is 256 g/mol. The Balaban J connectivity index is 1.90.